The Morgan fingerprint density at radius 3 is 2.40 bits per heavy atom. The first-order chi connectivity index (χ1) is 9.72. The topological polar surface area (TPSA) is 38.7 Å². The maximum Gasteiger partial charge on any atom is 0.0831 e. The van der Waals surface area contributed by atoms with Gasteiger partial charge in [0.1, 0.15) is 0 Å². The van der Waals surface area contributed by atoms with Gasteiger partial charge in [-0.25, -0.2) is 0 Å². The average molecular weight is 296 g/mol. The van der Waals surface area contributed by atoms with Crippen LogP contribution in [0.15, 0.2) is 24.3 Å². The molecule has 0 aromatic heterocycles. The second-order valence-corrected chi connectivity index (χ2v) is 6.17. The van der Waals surface area contributed by atoms with Crippen LogP contribution in [0.25, 0.3) is 0 Å². The van der Waals surface area contributed by atoms with Crippen molar-refractivity contribution in [2.45, 2.75) is 18.7 Å². The molecule has 0 spiro atoms. The third-order valence-electron chi connectivity index (χ3n) is 4.35. The Bertz CT molecular complexity index is 431. The summed E-state index contributed by atoms with van der Waals surface area (Å²) in [6, 6.07) is 8.40. The average Bonchev–Trinajstić information content (AvgIpc) is 2.89. The van der Waals surface area contributed by atoms with Crippen LogP contribution in [0.4, 0.5) is 0 Å². The van der Waals surface area contributed by atoms with E-state index < -0.39 is 0 Å². The molecule has 2 aliphatic rings. The summed E-state index contributed by atoms with van der Waals surface area (Å²) in [7, 11) is 0. The van der Waals surface area contributed by atoms with E-state index in [0.29, 0.717) is 6.04 Å². The standard InChI is InChI=1S/C15H22ClN3O/c16-13-3-1-12(2-4-13)11-18-5-7-19(8-6-18)14-9-17-10-15(14)20/h1-4,14-15,17,20H,5-11H2/t14-,15-/m0/s1. The highest BCUT2D eigenvalue weighted by Crippen LogP contribution is 2.15. The van der Waals surface area contributed by atoms with E-state index in [0.717, 1.165) is 50.8 Å². The van der Waals surface area contributed by atoms with Crippen LogP contribution < -0.4 is 5.32 Å². The molecule has 1 aromatic rings. The highest BCUT2D eigenvalue weighted by Gasteiger charge is 2.32. The summed E-state index contributed by atoms with van der Waals surface area (Å²) in [6.45, 7) is 6.83. The van der Waals surface area contributed by atoms with Crippen molar-refractivity contribution in [1.29, 1.82) is 0 Å². The third-order valence-corrected chi connectivity index (χ3v) is 4.60. The van der Waals surface area contributed by atoms with Gasteiger partial charge in [-0.05, 0) is 17.7 Å². The first-order valence-corrected chi connectivity index (χ1v) is 7.70. The second-order valence-electron chi connectivity index (χ2n) is 5.73. The Morgan fingerprint density at radius 2 is 1.80 bits per heavy atom. The van der Waals surface area contributed by atoms with Gasteiger partial charge in [-0.15, -0.1) is 0 Å². The van der Waals surface area contributed by atoms with Crippen molar-refractivity contribution in [2.75, 3.05) is 39.3 Å². The predicted molar refractivity (Wildman–Crippen MR) is 81.0 cm³/mol. The fourth-order valence-corrected chi connectivity index (χ4v) is 3.25. The molecule has 0 bridgehead atoms. The highest BCUT2D eigenvalue weighted by atomic mass is 35.5. The fraction of sp³-hybridized carbons (Fsp3) is 0.600. The minimum absolute atomic E-state index is 0.210. The first kappa shape index (κ1) is 14.3. The molecule has 2 heterocycles. The largest absolute Gasteiger partial charge is 0.390 e. The van der Waals surface area contributed by atoms with Gasteiger partial charge in [0.15, 0.2) is 0 Å². The molecular formula is C15H22ClN3O. The Kier molecular flexibility index (Phi) is 4.58. The molecule has 2 aliphatic heterocycles. The summed E-state index contributed by atoms with van der Waals surface area (Å²) in [5.74, 6) is 0. The van der Waals surface area contributed by atoms with E-state index in [1.165, 1.54) is 5.56 Å². The zero-order valence-corrected chi connectivity index (χ0v) is 12.4. The number of nitrogens with one attached hydrogen (secondary N) is 1. The van der Waals surface area contributed by atoms with Crippen LogP contribution in [0.5, 0.6) is 0 Å². The van der Waals surface area contributed by atoms with Crippen LogP contribution in [-0.2, 0) is 6.54 Å². The van der Waals surface area contributed by atoms with Crippen molar-refractivity contribution in [3.05, 3.63) is 34.9 Å². The number of aliphatic hydroxyl groups excluding tert-OH is 1. The molecular weight excluding hydrogens is 274 g/mol. The van der Waals surface area contributed by atoms with Crippen molar-refractivity contribution in [3.63, 3.8) is 0 Å². The predicted octanol–water partition coefficient (Wildman–Crippen LogP) is 0.790. The number of β-amino-alcohol motifs (C(OH)–C–C–N with tert-alkyl or cyclic N) is 1. The molecule has 0 aliphatic carbocycles. The number of nitrogens with zero attached hydrogens (tertiary/aromatic N) is 2. The molecule has 0 radical (unpaired) electrons. The van der Waals surface area contributed by atoms with Gasteiger partial charge in [0.25, 0.3) is 0 Å². The SMILES string of the molecule is O[C@H]1CNC[C@@H]1N1CCN(Cc2ccc(Cl)cc2)CC1. The van der Waals surface area contributed by atoms with Crippen LogP contribution >= 0.6 is 11.6 Å². The van der Waals surface area contributed by atoms with Crippen LogP contribution in [0.2, 0.25) is 5.02 Å². The van der Waals surface area contributed by atoms with E-state index in [4.69, 9.17) is 11.6 Å². The minimum atomic E-state index is -0.210. The van der Waals surface area contributed by atoms with Crippen LogP contribution in [0, 0.1) is 0 Å². The summed E-state index contributed by atoms with van der Waals surface area (Å²) in [5.41, 5.74) is 1.31. The van der Waals surface area contributed by atoms with Gasteiger partial charge < -0.3 is 10.4 Å². The molecule has 0 amide bonds. The van der Waals surface area contributed by atoms with Crippen LogP contribution in [0.3, 0.4) is 0 Å². The summed E-state index contributed by atoms with van der Waals surface area (Å²) in [6.07, 6.45) is -0.210. The van der Waals surface area contributed by atoms with E-state index in [1.54, 1.807) is 0 Å². The quantitative estimate of drug-likeness (QED) is 0.865. The van der Waals surface area contributed by atoms with E-state index in [-0.39, 0.29) is 6.10 Å². The molecule has 3 rings (SSSR count). The Balaban J connectivity index is 1.49. The molecule has 2 N–H and O–H groups in total. The molecule has 20 heavy (non-hydrogen) atoms. The van der Waals surface area contributed by atoms with E-state index in [9.17, 15) is 5.11 Å². The Labute approximate surface area is 125 Å². The summed E-state index contributed by atoms with van der Waals surface area (Å²) in [4.78, 5) is 4.89. The molecule has 0 saturated carbocycles. The summed E-state index contributed by atoms with van der Waals surface area (Å²) >= 11 is 5.91. The first-order valence-electron chi connectivity index (χ1n) is 7.32. The number of piperazine rings is 1. The van der Waals surface area contributed by atoms with Crippen molar-refractivity contribution in [3.8, 4) is 0 Å². The lowest BCUT2D eigenvalue weighted by atomic mass is 10.1. The van der Waals surface area contributed by atoms with Crippen molar-refractivity contribution in [1.82, 2.24) is 15.1 Å². The van der Waals surface area contributed by atoms with Crippen LogP contribution in [-0.4, -0.2) is 66.3 Å². The molecule has 110 valence electrons. The molecule has 2 atom stereocenters. The lowest BCUT2D eigenvalue weighted by molar-refractivity contribution is 0.0424. The monoisotopic (exact) mass is 295 g/mol. The number of hydrogen-bond acceptors (Lipinski definition) is 4. The van der Waals surface area contributed by atoms with Crippen molar-refractivity contribution >= 4 is 11.6 Å². The second kappa shape index (κ2) is 6.41. The number of halogens is 1. The van der Waals surface area contributed by atoms with Gasteiger partial charge >= 0.3 is 0 Å². The van der Waals surface area contributed by atoms with Crippen LogP contribution in [0.1, 0.15) is 5.56 Å². The Hall–Kier alpha value is -0.650. The number of hydrogen-bond donors (Lipinski definition) is 2. The molecule has 2 fully saturated rings. The molecule has 1 aromatic carbocycles. The normalized spacial score (nSPS) is 28.9. The molecule has 5 heteroatoms. The fourth-order valence-electron chi connectivity index (χ4n) is 3.12. The lowest BCUT2D eigenvalue weighted by Gasteiger charge is -2.38. The molecule has 0 unspecified atom stereocenters. The van der Waals surface area contributed by atoms with Gasteiger partial charge in [-0.2, -0.15) is 0 Å². The number of rotatable bonds is 3. The number of benzene rings is 1. The van der Waals surface area contributed by atoms with Crippen molar-refractivity contribution < 1.29 is 5.11 Å². The maximum absolute atomic E-state index is 9.94. The van der Waals surface area contributed by atoms with E-state index >= 15 is 0 Å². The molecule has 2 saturated heterocycles. The zero-order valence-electron chi connectivity index (χ0n) is 11.6. The van der Waals surface area contributed by atoms with Gasteiger partial charge in [0.05, 0.1) is 6.10 Å². The maximum atomic E-state index is 9.94. The highest BCUT2D eigenvalue weighted by molar-refractivity contribution is 6.30. The van der Waals surface area contributed by atoms with E-state index in [1.807, 2.05) is 12.1 Å². The third kappa shape index (κ3) is 3.32. The number of aliphatic hydroxyl groups is 1. The van der Waals surface area contributed by atoms with Gasteiger partial charge in [0.2, 0.25) is 0 Å². The van der Waals surface area contributed by atoms with Gasteiger partial charge in [-0.3, -0.25) is 9.80 Å². The van der Waals surface area contributed by atoms with Gasteiger partial charge in [0, 0.05) is 56.9 Å². The summed E-state index contributed by atoms with van der Waals surface area (Å²) in [5, 5.41) is 14.0. The van der Waals surface area contributed by atoms with Gasteiger partial charge in [-0.1, -0.05) is 23.7 Å². The lowest BCUT2D eigenvalue weighted by Crippen LogP contribution is -2.53. The van der Waals surface area contributed by atoms with E-state index in [2.05, 4.69) is 27.2 Å². The van der Waals surface area contributed by atoms with Crippen molar-refractivity contribution in [2.24, 2.45) is 0 Å². The summed E-state index contributed by atoms with van der Waals surface area (Å²) < 4.78 is 0. The zero-order chi connectivity index (χ0) is 13.9. The minimum Gasteiger partial charge on any atom is -0.390 e. The molecule has 4 nitrogen and oxygen atoms in total. The smallest absolute Gasteiger partial charge is 0.0831 e. The Morgan fingerprint density at radius 1 is 1.10 bits per heavy atom.